The largest absolute Gasteiger partial charge is 0.456 e. The second kappa shape index (κ2) is 24.8. The summed E-state index contributed by atoms with van der Waals surface area (Å²) in [6, 6.07) is 80.8. The van der Waals surface area contributed by atoms with E-state index < -0.39 is 48.3 Å². The molecule has 0 radical (unpaired) electrons. The number of thiophene rings is 2. The maximum absolute atomic E-state index is 8.86. The van der Waals surface area contributed by atoms with E-state index in [1.54, 1.807) is 34.8 Å². The van der Waals surface area contributed by atoms with Crippen LogP contribution in [0, 0.1) is 0 Å². The average molecular weight is 1390 g/mol. The first kappa shape index (κ1) is 50.5. The van der Waals surface area contributed by atoms with Gasteiger partial charge in [-0.05, 0) is 114 Å². The number of rotatable bonds is 7. The Kier molecular flexibility index (Phi) is 12.2. The van der Waals surface area contributed by atoms with Crippen molar-refractivity contribution in [2.75, 3.05) is 0 Å². The van der Waals surface area contributed by atoms with Crippen LogP contribution in [0.5, 0.6) is 0 Å². The van der Waals surface area contributed by atoms with E-state index in [4.69, 9.17) is 64.0 Å². The zero-order chi connectivity index (χ0) is 76.8. The highest BCUT2D eigenvalue weighted by Gasteiger charge is 2.24. The molecule has 0 unspecified atom stereocenters. The van der Waals surface area contributed by atoms with Gasteiger partial charge in [0, 0.05) is 117 Å². The number of benzene rings is 14. The molecule has 0 bridgehead atoms. The normalized spacial score (nSPS) is 13.3. The van der Waals surface area contributed by atoms with E-state index in [9.17, 15) is 0 Å². The Morgan fingerprint density at radius 3 is 1.22 bits per heavy atom. The summed E-state index contributed by atoms with van der Waals surface area (Å²) in [5.74, 6) is 1.15. The van der Waals surface area contributed by atoms with Crippen molar-refractivity contribution in [2.24, 2.45) is 0 Å². The molecule has 0 aliphatic heterocycles. The van der Waals surface area contributed by atoms with Gasteiger partial charge in [-0.3, -0.25) is 0 Å². The molecule has 1 aliphatic carbocycles. The molecule has 7 aromatic heterocycles. The fraction of sp³-hybridized carbons (Fsp3) is 0.0110. The number of halogens is 1. The summed E-state index contributed by atoms with van der Waals surface area (Å²) >= 11 is 9.63. The zero-order valence-corrected chi connectivity index (χ0v) is 56.5. The van der Waals surface area contributed by atoms with Crippen LogP contribution in [0.15, 0.2) is 324 Å². The summed E-state index contributed by atoms with van der Waals surface area (Å²) in [6.07, 6.45) is 1.10. The van der Waals surface area contributed by atoms with E-state index in [0.29, 0.717) is 50.1 Å². The smallest absolute Gasteiger partial charge is 0.165 e. The fourth-order valence-electron chi connectivity index (χ4n) is 14.4. The average Bonchev–Trinajstić information content (AvgIpc) is 1.66. The Hall–Kier alpha value is -12.8. The molecule has 0 saturated carbocycles. The molecule has 9 nitrogen and oxygen atoms in total. The van der Waals surface area contributed by atoms with Crippen LogP contribution in [0.25, 0.3) is 191 Å². The molecule has 484 valence electrons. The van der Waals surface area contributed by atoms with E-state index in [1.165, 1.54) is 22.3 Å². The number of furan rings is 2. The molecule has 7 heterocycles. The first-order chi connectivity index (χ1) is 55.1. The third-order valence-electron chi connectivity index (χ3n) is 19.0. The minimum absolute atomic E-state index is 0.0177. The van der Waals surface area contributed by atoms with Crippen LogP contribution in [0.1, 0.15) is 24.8 Å². The van der Waals surface area contributed by atoms with Crippen LogP contribution in [-0.2, 0) is 6.42 Å². The Bertz CT molecular complexity index is 7470. The molecule has 0 fully saturated rings. The minimum Gasteiger partial charge on any atom is -0.456 e. The van der Waals surface area contributed by atoms with Gasteiger partial charge in [-0.1, -0.05) is 242 Å². The van der Waals surface area contributed by atoms with E-state index in [-0.39, 0.29) is 46.5 Å². The number of hydrogen-bond donors (Lipinski definition) is 0. The van der Waals surface area contributed by atoms with Gasteiger partial charge in [0.05, 0.1) is 24.7 Å². The summed E-state index contributed by atoms with van der Waals surface area (Å²) in [4.78, 5) is 29.4. The van der Waals surface area contributed by atoms with Gasteiger partial charge < -0.3 is 13.4 Å². The third-order valence-corrected chi connectivity index (χ3v) is 21.6. The van der Waals surface area contributed by atoms with E-state index in [1.807, 2.05) is 109 Å². The van der Waals surface area contributed by atoms with Crippen molar-refractivity contribution < 1.29 is 22.5 Å². The van der Waals surface area contributed by atoms with Crippen LogP contribution in [0.4, 0.5) is 0 Å². The number of fused-ring (bicyclic) bond motifs is 18. The van der Waals surface area contributed by atoms with Gasteiger partial charge in [-0.25, -0.2) is 29.9 Å². The van der Waals surface area contributed by atoms with Gasteiger partial charge in [0.25, 0.3) is 0 Å². The number of nitrogens with zero attached hydrogens (tertiary/aromatic N) is 7. The van der Waals surface area contributed by atoms with E-state index in [2.05, 4.69) is 138 Å². The van der Waals surface area contributed by atoms with E-state index >= 15 is 0 Å². The number of hydrogen-bond acceptors (Lipinski definition) is 10. The Labute approximate surface area is 616 Å². The molecular weight excluding hydrogens is 1320 g/mol. The maximum atomic E-state index is 8.86. The Balaban J connectivity index is 0.000000129. The molecule has 14 aromatic carbocycles. The second-order valence-corrected chi connectivity index (χ2v) is 27.5. The highest BCUT2D eigenvalue weighted by molar-refractivity contribution is 7.26. The Morgan fingerprint density at radius 2 is 0.709 bits per heavy atom. The molecule has 1 aliphatic rings. The summed E-state index contributed by atoms with van der Waals surface area (Å²) < 4.78 is 104. The topological polar surface area (TPSA) is 109 Å². The van der Waals surface area contributed by atoms with Crippen molar-refractivity contribution >= 4 is 140 Å². The SMILES string of the molecule is [2H]c1c([2H])c([2H])c(-c2nc(-c3cccc4c3sc3ccccc34)nc(-c3cccc4oc5ccc(-n6c7ccccc7c7ccccc76)cc5c34)n2)c([2H])c1[2H].[2H]c1c([2H])c([2H])c(-c2nc(-c3cccc4c3sc3ccccc34)nc(-c3cccc4oc5ccc(Cl)cc5c34)n2)c([2H])c1[2H].c1ccc2c(c1)Cc1ccccc1-2. The van der Waals surface area contributed by atoms with Crippen molar-refractivity contribution in [2.45, 2.75) is 6.42 Å². The van der Waals surface area contributed by atoms with Gasteiger partial charge in [0.1, 0.15) is 22.3 Å². The molecule has 12 heteroatoms. The highest BCUT2D eigenvalue weighted by atomic mass is 35.5. The molecule has 0 atom stereocenters. The lowest BCUT2D eigenvalue weighted by atomic mass is 10.0. The Morgan fingerprint density at radius 1 is 0.320 bits per heavy atom. The number of aromatic nitrogens is 7. The van der Waals surface area contributed by atoms with Crippen LogP contribution in [0.2, 0.25) is 5.02 Å². The van der Waals surface area contributed by atoms with Crippen molar-refractivity contribution in [3.8, 4) is 85.1 Å². The molecule has 0 amide bonds. The standard InChI is InChI=1S/C45H26N4OS.C33H18ClN3OS.C13H10/c1-2-12-27(13-3-1)43-46-44(48-45(47-43)34-19-10-17-32-31-16-6-9-23-40(31)51-42(32)34)33-18-11-22-39-41(33)35-26-28(24-25-38(35)50-39)49-36-20-7-4-14-29(36)30-15-5-8-21-37(30)49;34-20-16-17-26-25(18-20)29-23(12-7-14-27(29)38-26)32-35-31(19-8-2-1-3-9-19)36-33(37-32)24-13-6-11-22-21-10-4-5-15-28(21)39-30(22)24;1-3-7-12-10(5-1)9-11-6-2-4-8-13(11)12/h1-26H;1-18H;1-8H,9H2/i1D,2D,3D,12D,13D;1D,2D,3D,8D,9D;. The fourth-order valence-corrected chi connectivity index (χ4v) is 17.0. The summed E-state index contributed by atoms with van der Waals surface area (Å²) in [5.41, 5.74) is 14.0. The third kappa shape index (κ3) is 10.4. The molecule has 22 rings (SSSR count). The van der Waals surface area contributed by atoms with Crippen molar-refractivity contribution in [3.63, 3.8) is 0 Å². The molecule has 21 aromatic rings. The first-order valence-corrected chi connectivity index (χ1v) is 35.3. The lowest BCUT2D eigenvalue weighted by molar-refractivity contribution is 0.668. The predicted octanol–water partition coefficient (Wildman–Crippen LogP) is 25.3. The molecule has 103 heavy (non-hydrogen) atoms. The molecular formula is C91H54ClN7O2S2. The maximum Gasteiger partial charge on any atom is 0.165 e. The summed E-state index contributed by atoms with van der Waals surface area (Å²) in [7, 11) is 0. The number of para-hydroxylation sites is 2. The van der Waals surface area contributed by atoms with Crippen LogP contribution >= 0.6 is 34.3 Å². The monoisotopic (exact) mass is 1390 g/mol. The first-order valence-electron chi connectivity index (χ1n) is 38.3. The van der Waals surface area contributed by atoms with Gasteiger partial charge >= 0.3 is 0 Å². The highest BCUT2D eigenvalue weighted by Crippen LogP contribution is 2.45. The molecule has 0 N–H and O–H groups in total. The molecule has 0 saturated heterocycles. The van der Waals surface area contributed by atoms with Crippen LogP contribution < -0.4 is 0 Å². The lowest BCUT2D eigenvalue weighted by Crippen LogP contribution is -2.00. The van der Waals surface area contributed by atoms with E-state index in [0.717, 1.165) is 107 Å². The summed E-state index contributed by atoms with van der Waals surface area (Å²) in [6.45, 7) is 0. The summed E-state index contributed by atoms with van der Waals surface area (Å²) in [5, 5.41) is 10.4. The molecule has 0 spiro atoms. The van der Waals surface area contributed by atoms with Crippen molar-refractivity contribution in [1.82, 2.24) is 34.5 Å². The van der Waals surface area contributed by atoms with Crippen molar-refractivity contribution in [3.05, 3.63) is 331 Å². The zero-order valence-electron chi connectivity index (χ0n) is 64.1. The van der Waals surface area contributed by atoms with Gasteiger partial charge in [0.2, 0.25) is 0 Å². The lowest BCUT2D eigenvalue weighted by Gasteiger charge is -2.10. The minimum atomic E-state index is -0.486. The predicted molar refractivity (Wildman–Crippen MR) is 427 cm³/mol. The van der Waals surface area contributed by atoms with Crippen molar-refractivity contribution in [1.29, 1.82) is 0 Å². The van der Waals surface area contributed by atoms with Crippen LogP contribution in [-0.4, -0.2) is 34.5 Å². The van der Waals surface area contributed by atoms with Gasteiger partial charge in [-0.2, -0.15) is 0 Å². The quantitative estimate of drug-likeness (QED) is 0.155. The second-order valence-electron chi connectivity index (χ2n) is 24.9. The van der Waals surface area contributed by atoms with Crippen LogP contribution in [0.3, 0.4) is 0 Å². The van der Waals surface area contributed by atoms with Gasteiger partial charge in [0.15, 0.2) is 34.9 Å². The van der Waals surface area contributed by atoms with Gasteiger partial charge in [-0.15, -0.1) is 22.7 Å².